The fourth-order valence-electron chi connectivity index (χ4n) is 2.41. The molecule has 3 nitrogen and oxygen atoms in total. The van der Waals surface area contributed by atoms with E-state index in [4.69, 9.17) is 11.6 Å². The van der Waals surface area contributed by atoms with Crippen LogP contribution >= 0.6 is 11.6 Å². The second-order valence-electron chi connectivity index (χ2n) is 4.99. The summed E-state index contributed by atoms with van der Waals surface area (Å²) in [7, 11) is 0. The maximum absolute atomic E-state index is 6.19. The summed E-state index contributed by atoms with van der Waals surface area (Å²) >= 11 is 6.19. The van der Waals surface area contributed by atoms with Crippen molar-refractivity contribution in [3.8, 4) is 11.4 Å². The van der Waals surface area contributed by atoms with Crippen LogP contribution in [0.25, 0.3) is 11.4 Å². The Balaban J connectivity index is 1.86. The lowest BCUT2D eigenvalue weighted by atomic mass is 10.1. The normalized spacial score (nSPS) is 10.8. The molecule has 0 aliphatic rings. The summed E-state index contributed by atoms with van der Waals surface area (Å²) in [5, 5.41) is 8.64. The molecule has 0 spiro atoms. The van der Waals surface area contributed by atoms with Gasteiger partial charge in [0.2, 0.25) is 5.28 Å². The summed E-state index contributed by atoms with van der Waals surface area (Å²) in [6.07, 6.45) is 0.907. The van der Waals surface area contributed by atoms with Crippen LogP contribution in [0, 0.1) is 6.92 Å². The molecular formula is C17H16ClN3. The van der Waals surface area contributed by atoms with E-state index in [0.29, 0.717) is 5.28 Å². The SMILES string of the molecule is Cc1ccccc1CCn1c(Cl)nnc1-c1ccccc1. The molecular weight excluding hydrogens is 282 g/mol. The number of aromatic nitrogens is 3. The first-order valence-electron chi connectivity index (χ1n) is 6.94. The van der Waals surface area contributed by atoms with Gasteiger partial charge >= 0.3 is 0 Å². The van der Waals surface area contributed by atoms with Gasteiger partial charge < -0.3 is 0 Å². The zero-order valence-corrected chi connectivity index (χ0v) is 12.6. The van der Waals surface area contributed by atoms with Crippen LogP contribution in [0.4, 0.5) is 0 Å². The molecule has 3 rings (SSSR count). The van der Waals surface area contributed by atoms with E-state index in [-0.39, 0.29) is 0 Å². The molecule has 1 heterocycles. The van der Waals surface area contributed by atoms with Gasteiger partial charge in [-0.3, -0.25) is 4.57 Å². The van der Waals surface area contributed by atoms with Crippen LogP contribution in [-0.2, 0) is 13.0 Å². The first-order valence-corrected chi connectivity index (χ1v) is 7.32. The average Bonchev–Trinajstić information content (AvgIpc) is 2.88. The van der Waals surface area contributed by atoms with Crippen molar-refractivity contribution in [1.29, 1.82) is 0 Å². The van der Waals surface area contributed by atoms with E-state index in [2.05, 4.69) is 41.4 Å². The van der Waals surface area contributed by atoms with Crippen LogP contribution in [0.2, 0.25) is 5.28 Å². The molecule has 0 fully saturated rings. The number of benzene rings is 2. The van der Waals surface area contributed by atoms with Crippen molar-refractivity contribution in [3.63, 3.8) is 0 Å². The lowest BCUT2D eigenvalue weighted by Gasteiger charge is -2.09. The Morgan fingerprint density at radius 1 is 0.952 bits per heavy atom. The Morgan fingerprint density at radius 2 is 1.67 bits per heavy atom. The van der Waals surface area contributed by atoms with Gasteiger partial charge in [0.25, 0.3) is 0 Å². The topological polar surface area (TPSA) is 30.7 Å². The molecule has 0 atom stereocenters. The molecule has 1 aromatic heterocycles. The Bertz CT molecular complexity index is 735. The maximum Gasteiger partial charge on any atom is 0.225 e. The van der Waals surface area contributed by atoms with E-state index in [1.807, 2.05) is 34.9 Å². The second-order valence-corrected chi connectivity index (χ2v) is 5.32. The van der Waals surface area contributed by atoms with Crippen molar-refractivity contribution in [2.24, 2.45) is 0 Å². The smallest absolute Gasteiger partial charge is 0.225 e. The maximum atomic E-state index is 6.19. The molecule has 2 aromatic carbocycles. The second kappa shape index (κ2) is 6.10. The van der Waals surface area contributed by atoms with Crippen LogP contribution < -0.4 is 0 Å². The summed E-state index contributed by atoms with van der Waals surface area (Å²) in [5.74, 6) is 0.814. The summed E-state index contributed by atoms with van der Waals surface area (Å²) in [6, 6.07) is 18.4. The Kier molecular flexibility index (Phi) is 4.02. The predicted octanol–water partition coefficient (Wildman–Crippen LogP) is 4.15. The standard InChI is InChI=1S/C17H16ClN3/c1-13-7-5-6-8-14(13)11-12-21-16(19-20-17(21)18)15-9-3-2-4-10-15/h2-10H,11-12H2,1H3. The summed E-state index contributed by atoms with van der Waals surface area (Å²) in [5.41, 5.74) is 3.64. The van der Waals surface area contributed by atoms with Gasteiger partial charge in [-0.1, -0.05) is 54.6 Å². The monoisotopic (exact) mass is 297 g/mol. The van der Waals surface area contributed by atoms with E-state index in [0.717, 1.165) is 24.4 Å². The fraction of sp³-hybridized carbons (Fsp3) is 0.176. The molecule has 0 aliphatic carbocycles. The minimum atomic E-state index is 0.433. The molecule has 106 valence electrons. The lowest BCUT2D eigenvalue weighted by molar-refractivity contribution is 0.699. The average molecular weight is 298 g/mol. The molecule has 0 saturated carbocycles. The van der Waals surface area contributed by atoms with E-state index in [9.17, 15) is 0 Å². The number of hydrogen-bond acceptors (Lipinski definition) is 2. The Hall–Kier alpha value is -2.13. The van der Waals surface area contributed by atoms with Crippen molar-refractivity contribution in [1.82, 2.24) is 14.8 Å². The van der Waals surface area contributed by atoms with Gasteiger partial charge in [-0.15, -0.1) is 10.2 Å². The van der Waals surface area contributed by atoms with Crippen molar-refractivity contribution in [2.75, 3.05) is 0 Å². The highest BCUT2D eigenvalue weighted by molar-refractivity contribution is 6.28. The lowest BCUT2D eigenvalue weighted by Crippen LogP contribution is -2.05. The van der Waals surface area contributed by atoms with Gasteiger partial charge in [0.1, 0.15) is 0 Å². The predicted molar refractivity (Wildman–Crippen MR) is 85.4 cm³/mol. The summed E-state index contributed by atoms with van der Waals surface area (Å²) in [6.45, 7) is 2.89. The zero-order chi connectivity index (χ0) is 14.7. The zero-order valence-electron chi connectivity index (χ0n) is 11.8. The highest BCUT2D eigenvalue weighted by Gasteiger charge is 2.12. The number of halogens is 1. The van der Waals surface area contributed by atoms with Crippen molar-refractivity contribution < 1.29 is 0 Å². The third-order valence-corrected chi connectivity index (χ3v) is 3.88. The largest absolute Gasteiger partial charge is 0.297 e. The number of rotatable bonds is 4. The van der Waals surface area contributed by atoms with E-state index < -0.39 is 0 Å². The molecule has 4 heteroatoms. The van der Waals surface area contributed by atoms with Crippen LogP contribution in [0.1, 0.15) is 11.1 Å². The van der Waals surface area contributed by atoms with Crippen molar-refractivity contribution in [3.05, 3.63) is 71.0 Å². The van der Waals surface area contributed by atoms with Crippen LogP contribution in [0.5, 0.6) is 0 Å². The van der Waals surface area contributed by atoms with Gasteiger partial charge in [-0.05, 0) is 36.1 Å². The molecule has 0 amide bonds. The molecule has 0 unspecified atom stereocenters. The first-order chi connectivity index (χ1) is 10.3. The van der Waals surface area contributed by atoms with Crippen molar-refractivity contribution in [2.45, 2.75) is 19.9 Å². The van der Waals surface area contributed by atoms with Crippen molar-refractivity contribution >= 4 is 11.6 Å². The minimum Gasteiger partial charge on any atom is -0.297 e. The summed E-state index contributed by atoms with van der Waals surface area (Å²) in [4.78, 5) is 0. The van der Waals surface area contributed by atoms with Gasteiger partial charge in [0.15, 0.2) is 5.82 Å². The van der Waals surface area contributed by atoms with E-state index in [1.54, 1.807) is 0 Å². The molecule has 0 N–H and O–H groups in total. The number of aryl methyl sites for hydroxylation is 2. The Morgan fingerprint density at radius 3 is 2.43 bits per heavy atom. The van der Waals surface area contributed by atoms with Gasteiger partial charge in [0, 0.05) is 12.1 Å². The third-order valence-electron chi connectivity index (χ3n) is 3.60. The van der Waals surface area contributed by atoms with Crippen LogP contribution in [0.15, 0.2) is 54.6 Å². The third kappa shape index (κ3) is 2.98. The number of nitrogens with zero attached hydrogens (tertiary/aromatic N) is 3. The highest BCUT2D eigenvalue weighted by atomic mass is 35.5. The fourth-order valence-corrected chi connectivity index (χ4v) is 2.61. The quantitative estimate of drug-likeness (QED) is 0.724. The highest BCUT2D eigenvalue weighted by Crippen LogP contribution is 2.21. The Labute approximate surface area is 129 Å². The van der Waals surface area contributed by atoms with Gasteiger partial charge in [-0.2, -0.15) is 0 Å². The molecule has 21 heavy (non-hydrogen) atoms. The first kappa shape index (κ1) is 13.8. The summed E-state index contributed by atoms with van der Waals surface area (Å²) < 4.78 is 1.96. The van der Waals surface area contributed by atoms with Crippen LogP contribution in [-0.4, -0.2) is 14.8 Å². The van der Waals surface area contributed by atoms with E-state index >= 15 is 0 Å². The number of hydrogen-bond donors (Lipinski definition) is 0. The molecule has 3 aromatic rings. The van der Waals surface area contributed by atoms with Gasteiger partial charge in [-0.25, -0.2) is 0 Å². The molecule has 0 aliphatic heterocycles. The minimum absolute atomic E-state index is 0.433. The molecule has 0 saturated heterocycles. The molecule has 0 radical (unpaired) electrons. The molecule has 0 bridgehead atoms. The van der Waals surface area contributed by atoms with E-state index in [1.165, 1.54) is 11.1 Å². The van der Waals surface area contributed by atoms with Crippen LogP contribution in [0.3, 0.4) is 0 Å². The van der Waals surface area contributed by atoms with Gasteiger partial charge in [0.05, 0.1) is 0 Å².